The number of H-pyrrole nitrogens is 1. The van der Waals surface area contributed by atoms with E-state index in [9.17, 15) is 4.79 Å². The summed E-state index contributed by atoms with van der Waals surface area (Å²) in [6, 6.07) is 17.1. The van der Waals surface area contributed by atoms with Gasteiger partial charge in [0.25, 0.3) is 0 Å². The average Bonchev–Trinajstić information content (AvgIpc) is 3.75. The van der Waals surface area contributed by atoms with Crippen LogP contribution in [-0.4, -0.2) is 59.1 Å². The Kier molecular flexibility index (Phi) is 11.6. The number of aromatic amines is 1. The zero-order valence-corrected chi connectivity index (χ0v) is 26.5. The first-order valence-electron chi connectivity index (χ1n) is 15.0. The van der Waals surface area contributed by atoms with Crippen molar-refractivity contribution < 1.29 is 4.79 Å². The molecule has 4 unspecified atom stereocenters. The number of nitrogens with zero attached hydrogens (tertiary/aromatic N) is 2. The van der Waals surface area contributed by atoms with E-state index in [0.29, 0.717) is 30.7 Å². The molecule has 230 valence electrons. The van der Waals surface area contributed by atoms with Gasteiger partial charge in [-0.25, -0.2) is 0 Å². The minimum atomic E-state index is -0.000589. The molecule has 0 aliphatic carbocycles. The molecule has 2 aliphatic heterocycles. The van der Waals surface area contributed by atoms with E-state index < -0.39 is 0 Å². The fourth-order valence-electron chi connectivity index (χ4n) is 5.58. The van der Waals surface area contributed by atoms with E-state index in [0.717, 1.165) is 47.3 Å². The van der Waals surface area contributed by atoms with Crippen molar-refractivity contribution in [3.8, 4) is 11.1 Å². The van der Waals surface area contributed by atoms with Crippen LogP contribution in [0.4, 0.5) is 0 Å². The average molecular weight is 604 g/mol. The molecule has 0 radical (unpaired) electrons. The summed E-state index contributed by atoms with van der Waals surface area (Å²) in [4.78, 5) is 14.4. The van der Waals surface area contributed by atoms with E-state index in [4.69, 9.17) is 17.3 Å². The molecule has 1 saturated heterocycles. The van der Waals surface area contributed by atoms with Crippen LogP contribution in [0, 0.1) is 6.92 Å². The third-order valence-electron chi connectivity index (χ3n) is 8.10. The Morgan fingerprint density at radius 3 is 2.53 bits per heavy atom. The SMILES string of the molecule is C=C(NC(CN)c1ccccc1)C1CC(C)=CN1.Cc1[nH]ncc1-c1ccc(CN(C)CC(=O)C2CCC(C)N2)c(Cl)c1. The number of halogens is 1. The second kappa shape index (κ2) is 15.3. The van der Waals surface area contributed by atoms with Gasteiger partial charge in [-0.2, -0.15) is 5.10 Å². The lowest BCUT2D eigenvalue weighted by atomic mass is 10.0. The topological polar surface area (TPSA) is 111 Å². The maximum Gasteiger partial charge on any atom is 0.163 e. The second-order valence-electron chi connectivity index (χ2n) is 11.8. The lowest BCUT2D eigenvalue weighted by molar-refractivity contribution is -0.121. The van der Waals surface area contributed by atoms with Crippen molar-refractivity contribution in [1.82, 2.24) is 31.0 Å². The fourth-order valence-corrected chi connectivity index (χ4v) is 5.82. The highest BCUT2D eigenvalue weighted by molar-refractivity contribution is 6.31. The molecule has 43 heavy (non-hydrogen) atoms. The number of benzene rings is 2. The summed E-state index contributed by atoms with van der Waals surface area (Å²) in [5.41, 5.74) is 13.5. The van der Waals surface area contributed by atoms with E-state index >= 15 is 0 Å². The number of nitrogens with two attached hydrogens (primary N) is 1. The molecule has 2 aliphatic rings. The minimum absolute atomic E-state index is 0.000589. The Hall–Kier alpha value is -3.43. The van der Waals surface area contributed by atoms with Crippen LogP contribution in [0.25, 0.3) is 11.1 Å². The van der Waals surface area contributed by atoms with Gasteiger partial charge in [0.15, 0.2) is 5.78 Å². The van der Waals surface area contributed by atoms with Crippen molar-refractivity contribution in [3.05, 3.63) is 101 Å². The van der Waals surface area contributed by atoms with Gasteiger partial charge in [0, 0.05) is 41.1 Å². The maximum atomic E-state index is 12.4. The molecule has 4 atom stereocenters. The quantitative estimate of drug-likeness (QED) is 0.204. The van der Waals surface area contributed by atoms with E-state index in [1.165, 1.54) is 11.1 Å². The first kappa shape index (κ1) is 32.5. The molecule has 1 fully saturated rings. The zero-order chi connectivity index (χ0) is 30.9. The summed E-state index contributed by atoms with van der Waals surface area (Å²) in [6.45, 7) is 12.0. The monoisotopic (exact) mass is 603 g/mol. The zero-order valence-electron chi connectivity index (χ0n) is 25.8. The lowest BCUT2D eigenvalue weighted by Gasteiger charge is -2.24. The highest BCUT2D eigenvalue weighted by Gasteiger charge is 2.27. The van der Waals surface area contributed by atoms with Gasteiger partial charge >= 0.3 is 0 Å². The normalized spacial score (nSPS) is 20.2. The van der Waals surface area contributed by atoms with Crippen LogP contribution in [0.15, 0.2) is 78.8 Å². The Labute approximate surface area is 261 Å². The summed E-state index contributed by atoms with van der Waals surface area (Å²) in [7, 11) is 1.96. The molecule has 9 heteroatoms. The lowest BCUT2D eigenvalue weighted by Crippen LogP contribution is -2.40. The molecule has 0 saturated carbocycles. The van der Waals surface area contributed by atoms with Crippen molar-refractivity contribution in [3.63, 3.8) is 0 Å². The van der Waals surface area contributed by atoms with Crippen molar-refractivity contribution in [2.75, 3.05) is 20.1 Å². The molecule has 2 aromatic carbocycles. The van der Waals surface area contributed by atoms with E-state index in [-0.39, 0.29) is 23.9 Å². The number of Topliss-reactive ketones (excluding diaryl/α,β-unsaturated/α-hetero) is 1. The van der Waals surface area contributed by atoms with Crippen LogP contribution in [0.1, 0.15) is 56.0 Å². The van der Waals surface area contributed by atoms with Crippen LogP contribution in [0.3, 0.4) is 0 Å². The molecule has 8 nitrogen and oxygen atoms in total. The summed E-state index contributed by atoms with van der Waals surface area (Å²) < 4.78 is 0. The first-order valence-corrected chi connectivity index (χ1v) is 15.4. The maximum absolute atomic E-state index is 12.4. The number of hydrogen-bond donors (Lipinski definition) is 5. The molecule has 0 amide bonds. The number of hydrogen-bond acceptors (Lipinski definition) is 7. The van der Waals surface area contributed by atoms with Gasteiger partial charge in [0.05, 0.1) is 30.9 Å². The number of carbonyl (C=O) groups is 1. The fraction of sp³-hybridized carbons (Fsp3) is 0.412. The van der Waals surface area contributed by atoms with Crippen molar-refractivity contribution >= 4 is 17.4 Å². The number of ketones is 1. The van der Waals surface area contributed by atoms with Gasteiger partial charge < -0.3 is 21.7 Å². The van der Waals surface area contributed by atoms with Gasteiger partial charge in [-0.15, -0.1) is 0 Å². The van der Waals surface area contributed by atoms with Crippen LogP contribution in [0.2, 0.25) is 5.02 Å². The number of aromatic nitrogens is 2. The largest absolute Gasteiger partial charge is 0.382 e. The van der Waals surface area contributed by atoms with Crippen molar-refractivity contribution in [2.45, 2.75) is 70.7 Å². The number of nitrogens with one attached hydrogen (secondary N) is 4. The molecule has 3 heterocycles. The number of likely N-dealkylation sites (N-methyl/N-ethyl adjacent to an activating group) is 1. The molecular formula is C34H46ClN7O. The summed E-state index contributed by atoms with van der Waals surface area (Å²) in [5, 5.41) is 17.8. The molecule has 1 aromatic heterocycles. The van der Waals surface area contributed by atoms with Gasteiger partial charge in [0.1, 0.15) is 0 Å². The number of aryl methyl sites for hydroxylation is 1. The smallest absolute Gasteiger partial charge is 0.163 e. The van der Waals surface area contributed by atoms with Crippen molar-refractivity contribution in [2.24, 2.45) is 5.73 Å². The van der Waals surface area contributed by atoms with E-state index in [1.54, 1.807) is 6.20 Å². The number of rotatable bonds is 11. The first-order chi connectivity index (χ1) is 20.6. The molecule has 0 bridgehead atoms. The van der Waals surface area contributed by atoms with E-state index in [2.05, 4.69) is 71.0 Å². The van der Waals surface area contributed by atoms with Crippen LogP contribution < -0.4 is 21.7 Å². The Morgan fingerprint density at radius 2 is 1.95 bits per heavy atom. The van der Waals surface area contributed by atoms with Crippen molar-refractivity contribution in [1.29, 1.82) is 0 Å². The Balaban J connectivity index is 0.000000208. The molecular weight excluding hydrogens is 558 g/mol. The predicted octanol–water partition coefficient (Wildman–Crippen LogP) is 5.24. The standard InChI is InChI=1S/C19H25ClN4O.C15H21N3/c1-12-4-7-18(22-12)19(25)11-24(3)10-15-6-5-14(8-17(15)20)16-9-21-23-13(16)2;1-11-8-14(17-10-11)12(2)18-15(9-16)13-6-4-3-5-7-13/h5-6,8-9,12,18,22H,4,7,10-11H2,1-3H3,(H,21,23);3-7,10,14-15,17-18H,2,8-9,16H2,1H3. The third-order valence-corrected chi connectivity index (χ3v) is 8.45. The molecule has 3 aromatic rings. The second-order valence-corrected chi connectivity index (χ2v) is 12.2. The molecule has 6 N–H and O–H groups in total. The summed E-state index contributed by atoms with van der Waals surface area (Å²) >= 11 is 6.47. The molecule has 5 rings (SSSR count). The predicted molar refractivity (Wildman–Crippen MR) is 177 cm³/mol. The van der Waals surface area contributed by atoms with Gasteiger partial charge in [-0.05, 0) is 76.0 Å². The van der Waals surface area contributed by atoms with Gasteiger partial charge in [0.2, 0.25) is 0 Å². The summed E-state index contributed by atoms with van der Waals surface area (Å²) in [5.74, 6) is 0.258. The highest BCUT2D eigenvalue weighted by Crippen LogP contribution is 2.28. The van der Waals surface area contributed by atoms with Crippen LogP contribution in [0.5, 0.6) is 0 Å². The van der Waals surface area contributed by atoms with Gasteiger partial charge in [-0.1, -0.05) is 66.2 Å². The Bertz CT molecular complexity index is 1400. The van der Waals surface area contributed by atoms with Crippen LogP contribution in [-0.2, 0) is 11.3 Å². The highest BCUT2D eigenvalue weighted by atomic mass is 35.5. The number of carbonyl (C=O) groups excluding carboxylic acids is 1. The summed E-state index contributed by atoms with van der Waals surface area (Å²) in [6.07, 6.45) is 6.88. The van der Waals surface area contributed by atoms with E-state index in [1.807, 2.05) is 49.2 Å². The third kappa shape index (κ3) is 9.03. The van der Waals surface area contributed by atoms with Crippen LogP contribution >= 0.6 is 11.6 Å². The Morgan fingerprint density at radius 1 is 1.19 bits per heavy atom. The van der Waals surface area contributed by atoms with Gasteiger partial charge in [-0.3, -0.25) is 14.8 Å². The minimum Gasteiger partial charge on any atom is -0.382 e. The molecule has 0 spiro atoms.